The summed E-state index contributed by atoms with van der Waals surface area (Å²) in [6.07, 6.45) is -5.89. The van der Waals surface area contributed by atoms with Crippen LogP contribution in [0.1, 0.15) is 15.9 Å². The third kappa shape index (κ3) is 9.39. The minimum Gasteiger partial charge on any atom is -0.486 e. The molecule has 16 heteroatoms. The summed E-state index contributed by atoms with van der Waals surface area (Å²) in [5.74, 6) is 2.74. The molecular weight excluding hydrogens is 632 g/mol. The molecule has 2 saturated heterocycles. The number of fused-ring (bicyclic) bond motifs is 2. The Morgan fingerprint density at radius 1 is 0.717 bits per heavy atom. The first kappa shape index (κ1) is 37.7. The molecule has 0 aromatic heterocycles. The number of aldehydes is 1. The fourth-order valence-electron chi connectivity index (χ4n) is 5.27. The molecule has 6 rings (SSSR count). The number of ether oxygens (including phenoxy) is 4. The van der Waals surface area contributed by atoms with Crippen LogP contribution in [-0.2, 0) is 6.54 Å². The lowest BCUT2D eigenvalue weighted by Crippen LogP contribution is -2.62. The maximum absolute atomic E-state index is 10.4. The summed E-state index contributed by atoms with van der Waals surface area (Å²) in [7, 11) is 0. The average Bonchev–Trinajstić information content (AvgIpc) is 3.07. The van der Waals surface area contributed by atoms with Gasteiger partial charge in [-0.15, -0.1) is 12.4 Å². The van der Waals surface area contributed by atoms with E-state index < -0.39 is 48.7 Å². The smallest absolute Gasteiger partial charge is 0.162 e. The zero-order valence-electron chi connectivity index (χ0n) is 25.0. The second-order valence-corrected chi connectivity index (χ2v) is 11.0. The van der Waals surface area contributed by atoms with Crippen LogP contribution in [-0.4, -0.2) is 153 Å². The van der Waals surface area contributed by atoms with E-state index in [-0.39, 0.29) is 38.7 Å². The van der Waals surface area contributed by atoms with E-state index >= 15 is 0 Å². The van der Waals surface area contributed by atoms with Crippen LogP contribution >= 0.6 is 12.4 Å². The minimum absolute atomic E-state index is 0. The molecule has 4 aliphatic heterocycles. The molecule has 0 saturated carbocycles. The number of likely N-dealkylation sites (tertiary alicyclic amines) is 1. The van der Waals surface area contributed by atoms with Crippen LogP contribution < -0.4 is 24.3 Å². The highest BCUT2D eigenvalue weighted by Crippen LogP contribution is 2.32. The third-order valence-corrected chi connectivity index (χ3v) is 7.85. The Morgan fingerprint density at radius 2 is 1.28 bits per heavy atom. The molecular formula is C30H43ClN2O13. The maximum Gasteiger partial charge on any atom is 0.162 e. The molecule has 4 aliphatic rings. The molecule has 2 aromatic rings. The fourth-order valence-corrected chi connectivity index (χ4v) is 5.27. The summed E-state index contributed by atoms with van der Waals surface area (Å²) in [4.78, 5) is 12.2. The van der Waals surface area contributed by atoms with Gasteiger partial charge in [0.25, 0.3) is 0 Å². The predicted molar refractivity (Wildman–Crippen MR) is 164 cm³/mol. The quantitative estimate of drug-likeness (QED) is 0.149. The van der Waals surface area contributed by atoms with Gasteiger partial charge in [0.2, 0.25) is 0 Å². The molecule has 9 N–H and O–H groups in total. The van der Waals surface area contributed by atoms with Crippen molar-refractivity contribution in [1.29, 1.82) is 0 Å². The number of carbonyl (C=O) groups excluding carboxylic acids is 1. The second-order valence-electron chi connectivity index (χ2n) is 11.0. The van der Waals surface area contributed by atoms with Crippen LogP contribution in [0.5, 0.6) is 23.0 Å². The molecule has 2 aromatic carbocycles. The van der Waals surface area contributed by atoms with Gasteiger partial charge in [-0.05, 0) is 35.9 Å². The number of hydrogen-bond acceptors (Lipinski definition) is 15. The topological polar surface area (TPSA) is 231 Å². The summed E-state index contributed by atoms with van der Waals surface area (Å²) in [5, 5.41) is 77.6. The Morgan fingerprint density at radius 3 is 1.87 bits per heavy atom. The van der Waals surface area contributed by atoms with Crippen LogP contribution in [0, 0.1) is 0 Å². The van der Waals surface area contributed by atoms with Gasteiger partial charge in [0, 0.05) is 25.2 Å². The van der Waals surface area contributed by atoms with Crippen molar-refractivity contribution in [3.63, 3.8) is 0 Å². The van der Waals surface area contributed by atoms with E-state index in [0.29, 0.717) is 61.5 Å². The third-order valence-electron chi connectivity index (χ3n) is 7.85. The van der Waals surface area contributed by atoms with Gasteiger partial charge in [-0.25, -0.2) is 0 Å². The van der Waals surface area contributed by atoms with Crippen LogP contribution in [0.4, 0.5) is 0 Å². The monoisotopic (exact) mass is 674 g/mol. The molecule has 15 nitrogen and oxygen atoms in total. The lowest BCUT2D eigenvalue weighted by molar-refractivity contribution is -0.147. The van der Waals surface area contributed by atoms with Crippen LogP contribution in [0.3, 0.4) is 0 Å². The lowest BCUT2D eigenvalue weighted by Gasteiger charge is -2.43. The van der Waals surface area contributed by atoms with Crippen molar-refractivity contribution < 1.29 is 64.6 Å². The fraction of sp³-hybridized carbons (Fsp3) is 0.567. The summed E-state index contributed by atoms with van der Waals surface area (Å²) in [6, 6.07) is 9.54. The number of piperidine rings is 2. The van der Waals surface area contributed by atoms with E-state index in [1.165, 1.54) is 0 Å². The molecule has 2 fully saturated rings. The van der Waals surface area contributed by atoms with Crippen LogP contribution in [0.2, 0.25) is 0 Å². The summed E-state index contributed by atoms with van der Waals surface area (Å²) >= 11 is 0. The summed E-state index contributed by atoms with van der Waals surface area (Å²) in [5.41, 5.74) is 1.53. The van der Waals surface area contributed by atoms with E-state index in [9.17, 15) is 30.3 Å². The van der Waals surface area contributed by atoms with E-state index in [2.05, 4.69) is 5.32 Å². The number of aliphatic hydroxyl groups excluding tert-OH is 8. The first-order chi connectivity index (χ1) is 21.7. The molecule has 0 aliphatic carbocycles. The standard InChI is InChI=1S/C15H21NO6.C9H8O3.C6H13NO4.ClH/c17-8-10-14(19)15(20)11(18)7-16(10)6-9-1-2-12-13(5-9)22-4-3-21-12;10-6-7-1-2-8-9(5-7)12-4-3-11-8;8-2-3-5(10)6(11)4(9)1-7-3;/h1-2,5,10-11,14-15,17-20H,3-4,6-8H2;1-2,5-6H,3-4H2;3-11H,1-2H2;1H/t10-,11+,14-,15-;;3-,4+,5-,6-;/m1.1./s1. The van der Waals surface area contributed by atoms with E-state index in [1.807, 2.05) is 18.2 Å². The van der Waals surface area contributed by atoms with Crippen molar-refractivity contribution >= 4 is 18.7 Å². The highest BCUT2D eigenvalue weighted by molar-refractivity contribution is 5.85. The van der Waals surface area contributed by atoms with Crippen molar-refractivity contribution in [1.82, 2.24) is 10.2 Å². The van der Waals surface area contributed by atoms with Crippen molar-refractivity contribution in [3.05, 3.63) is 47.5 Å². The normalized spacial score (nSPS) is 29.9. The lowest BCUT2D eigenvalue weighted by atomic mass is 9.93. The molecule has 0 radical (unpaired) electrons. The van der Waals surface area contributed by atoms with Crippen molar-refractivity contribution in [2.24, 2.45) is 0 Å². The van der Waals surface area contributed by atoms with Gasteiger partial charge in [0.1, 0.15) is 51.0 Å². The maximum atomic E-state index is 10.4. The number of halogens is 1. The average molecular weight is 675 g/mol. The summed E-state index contributed by atoms with van der Waals surface area (Å²) < 4.78 is 21.6. The molecule has 4 heterocycles. The first-order valence-corrected chi connectivity index (χ1v) is 14.7. The van der Waals surface area contributed by atoms with Crippen molar-refractivity contribution in [3.8, 4) is 23.0 Å². The Kier molecular flexibility index (Phi) is 14.7. The van der Waals surface area contributed by atoms with Gasteiger partial charge in [-0.1, -0.05) is 6.07 Å². The van der Waals surface area contributed by atoms with Crippen molar-refractivity contribution in [2.45, 2.75) is 55.3 Å². The number of β-amino-alcohol motifs (C(OH)–C–C–N with tert-alkyl or cyclic N) is 2. The first-order valence-electron chi connectivity index (χ1n) is 14.7. The number of nitrogens with one attached hydrogen (secondary N) is 1. The number of hydrogen-bond donors (Lipinski definition) is 9. The molecule has 258 valence electrons. The summed E-state index contributed by atoms with van der Waals surface area (Å²) in [6.45, 7) is 2.41. The Labute approximate surface area is 271 Å². The van der Waals surface area contributed by atoms with E-state index in [0.717, 1.165) is 11.8 Å². The number of nitrogens with zero attached hydrogens (tertiary/aromatic N) is 1. The number of benzene rings is 2. The number of carbonyl (C=O) groups is 1. The van der Waals surface area contributed by atoms with E-state index in [4.69, 9.17) is 34.3 Å². The zero-order valence-corrected chi connectivity index (χ0v) is 25.8. The minimum atomic E-state index is -1.24. The molecule has 46 heavy (non-hydrogen) atoms. The zero-order chi connectivity index (χ0) is 32.5. The predicted octanol–water partition coefficient (Wildman–Crippen LogP) is -2.56. The highest BCUT2D eigenvalue weighted by atomic mass is 35.5. The van der Waals surface area contributed by atoms with Gasteiger partial charge in [-0.3, -0.25) is 9.69 Å². The van der Waals surface area contributed by atoms with Gasteiger partial charge in [0.15, 0.2) is 23.0 Å². The van der Waals surface area contributed by atoms with E-state index in [1.54, 1.807) is 23.1 Å². The Bertz CT molecular complexity index is 1240. The van der Waals surface area contributed by atoms with Crippen LogP contribution in [0.15, 0.2) is 36.4 Å². The molecule has 0 amide bonds. The molecule has 0 bridgehead atoms. The van der Waals surface area contributed by atoms with Gasteiger partial charge in [-0.2, -0.15) is 0 Å². The molecule has 0 spiro atoms. The highest BCUT2D eigenvalue weighted by Gasteiger charge is 2.41. The van der Waals surface area contributed by atoms with Gasteiger partial charge >= 0.3 is 0 Å². The number of rotatable bonds is 5. The number of aliphatic hydroxyl groups is 8. The van der Waals surface area contributed by atoms with Crippen LogP contribution in [0.25, 0.3) is 0 Å². The SMILES string of the molecule is Cl.O=Cc1ccc2c(c1)OCCO2.OC[C@@H]1[C@@H](O)[C@H](O)[C@@H](O)CN1Cc1ccc2c(c1)OCCO2.OC[C@H]1NC[C@H](O)[C@@H](O)[C@@H]1O. The van der Waals surface area contributed by atoms with Gasteiger partial charge < -0.3 is 65.1 Å². The second kappa shape index (κ2) is 17.9. The Hall–Kier alpha value is -2.80. The molecule has 8 atom stereocenters. The van der Waals surface area contributed by atoms with Gasteiger partial charge in [0.05, 0.1) is 43.6 Å². The van der Waals surface area contributed by atoms with Crippen molar-refractivity contribution in [2.75, 3.05) is 52.7 Å². The molecule has 0 unspecified atom stereocenters. The Balaban J connectivity index is 0.000000204. The largest absolute Gasteiger partial charge is 0.486 e.